The summed E-state index contributed by atoms with van der Waals surface area (Å²) in [5.41, 5.74) is 1.73. The zero-order chi connectivity index (χ0) is 15.4. The Morgan fingerprint density at radius 2 is 1.64 bits per heavy atom. The number of nitrogens with zero attached hydrogens (tertiary/aromatic N) is 2. The van der Waals surface area contributed by atoms with Gasteiger partial charge in [0.05, 0.1) is 5.56 Å². The molecule has 1 aliphatic heterocycles. The van der Waals surface area contributed by atoms with E-state index in [0.717, 1.165) is 0 Å². The van der Waals surface area contributed by atoms with E-state index in [2.05, 4.69) is 12.1 Å². The molecule has 0 amide bonds. The molecular formula is C18H18N2O2. The van der Waals surface area contributed by atoms with Crippen LogP contribution in [0.2, 0.25) is 0 Å². The number of esters is 1. The second-order valence-electron chi connectivity index (χ2n) is 5.22. The summed E-state index contributed by atoms with van der Waals surface area (Å²) in [5, 5.41) is 0. The van der Waals surface area contributed by atoms with Crippen molar-refractivity contribution in [2.24, 2.45) is 0 Å². The van der Waals surface area contributed by atoms with Crippen LogP contribution in [0.15, 0.2) is 73.1 Å². The number of carbonyl (C=O) groups is 1. The van der Waals surface area contributed by atoms with Gasteiger partial charge in [-0.15, -0.1) is 0 Å². The first kappa shape index (κ1) is 14.2. The van der Waals surface area contributed by atoms with Gasteiger partial charge in [0.25, 0.3) is 6.35 Å². The second-order valence-corrected chi connectivity index (χ2v) is 5.22. The van der Waals surface area contributed by atoms with Gasteiger partial charge in [0, 0.05) is 26.0 Å². The molecule has 0 fully saturated rings. The van der Waals surface area contributed by atoms with E-state index >= 15 is 0 Å². The smallest absolute Gasteiger partial charge is 0.341 e. The molecule has 4 heteroatoms. The lowest BCUT2D eigenvalue weighted by Gasteiger charge is -2.29. The van der Waals surface area contributed by atoms with Crippen molar-refractivity contribution >= 4 is 5.97 Å². The Hall–Kier alpha value is -2.75. The highest BCUT2D eigenvalue weighted by atomic mass is 16.6. The van der Waals surface area contributed by atoms with E-state index in [0.29, 0.717) is 12.1 Å². The molecule has 22 heavy (non-hydrogen) atoms. The van der Waals surface area contributed by atoms with Crippen molar-refractivity contribution < 1.29 is 9.53 Å². The van der Waals surface area contributed by atoms with E-state index < -0.39 is 6.35 Å². The summed E-state index contributed by atoms with van der Waals surface area (Å²) >= 11 is 0. The minimum Gasteiger partial charge on any atom is -0.419 e. The van der Waals surface area contributed by atoms with Crippen molar-refractivity contribution in [2.45, 2.75) is 12.9 Å². The molecule has 2 aromatic carbocycles. The maximum absolute atomic E-state index is 12.2. The lowest BCUT2D eigenvalue weighted by atomic mass is 10.2. The third-order valence-electron chi connectivity index (χ3n) is 3.56. The van der Waals surface area contributed by atoms with Gasteiger partial charge < -0.3 is 14.5 Å². The van der Waals surface area contributed by atoms with Crippen molar-refractivity contribution in [1.29, 1.82) is 0 Å². The molecule has 2 aromatic rings. The first-order valence-electron chi connectivity index (χ1n) is 7.20. The van der Waals surface area contributed by atoms with Crippen molar-refractivity contribution in [3.63, 3.8) is 0 Å². The van der Waals surface area contributed by atoms with Gasteiger partial charge in [-0.05, 0) is 17.7 Å². The van der Waals surface area contributed by atoms with Gasteiger partial charge in [-0.25, -0.2) is 4.79 Å². The minimum atomic E-state index is -0.423. The van der Waals surface area contributed by atoms with Gasteiger partial charge in [-0.3, -0.25) is 0 Å². The average Bonchev–Trinajstić information content (AvgIpc) is 2.90. The quantitative estimate of drug-likeness (QED) is 0.811. The van der Waals surface area contributed by atoms with Crippen LogP contribution < -0.4 is 0 Å². The van der Waals surface area contributed by atoms with Crippen LogP contribution >= 0.6 is 0 Å². The van der Waals surface area contributed by atoms with Crippen molar-refractivity contribution in [2.75, 3.05) is 7.05 Å². The van der Waals surface area contributed by atoms with Crippen molar-refractivity contribution in [1.82, 2.24) is 9.80 Å². The van der Waals surface area contributed by atoms with Crippen LogP contribution in [-0.2, 0) is 11.3 Å². The van der Waals surface area contributed by atoms with Crippen molar-refractivity contribution in [3.8, 4) is 0 Å². The summed E-state index contributed by atoms with van der Waals surface area (Å²) in [4.78, 5) is 16.1. The fraction of sp³-hybridized carbons (Fsp3) is 0.167. The highest BCUT2D eigenvalue weighted by Gasteiger charge is 2.27. The third kappa shape index (κ3) is 3.11. The first-order valence-corrected chi connectivity index (χ1v) is 7.20. The molecular weight excluding hydrogens is 276 g/mol. The van der Waals surface area contributed by atoms with Crippen LogP contribution in [0.25, 0.3) is 0 Å². The maximum atomic E-state index is 12.2. The Balaban J connectivity index is 1.70. The topological polar surface area (TPSA) is 32.8 Å². The van der Waals surface area contributed by atoms with Gasteiger partial charge in [-0.2, -0.15) is 0 Å². The number of hydrogen-bond donors (Lipinski definition) is 0. The van der Waals surface area contributed by atoms with Gasteiger partial charge in [-0.1, -0.05) is 48.5 Å². The molecule has 0 radical (unpaired) electrons. The van der Waals surface area contributed by atoms with Crippen LogP contribution in [0.4, 0.5) is 0 Å². The van der Waals surface area contributed by atoms with Crippen LogP contribution in [0.3, 0.4) is 0 Å². The van der Waals surface area contributed by atoms with E-state index in [1.807, 2.05) is 65.6 Å². The number of rotatable bonds is 4. The molecule has 0 saturated heterocycles. The second kappa shape index (κ2) is 6.35. The van der Waals surface area contributed by atoms with Crippen LogP contribution in [-0.4, -0.2) is 29.2 Å². The molecule has 4 nitrogen and oxygen atoms in total. The zero-order valence-corrected chi connectivity index (χ0v) is 12.4. The van der Waals surface area contributed by atoms with E-state index in [9.17, 15) is 4.79 Å². The fourth-order valence-electron chi connectivity index (χ4n) is 2.39. The number of carbonyl (C=O) groups excluding carboxylic acids is 1. The van der Waals surface area contributed by atoms with E-state index in [-0.39, 0.29) is 5.97 Å². The number of ether oxygens (including phenoxy) is 1. The van der Waals surface area contributed by atoms with E-state index in [1.165, 1.54) is 5.56 Å². The molecule has 0 bridgehead atoms. The maximum Gasteiger partial charge on any atom is 0.341 e. The molecule has 112 valence electrons. The summed E-state index contributed by atoms with van der Waals surface area (Å²) < 4.78 is 5.64. The van der Waals surface area contributed by atoms with Crippen LogP contribution in [0.1, 0.15) is 15.9 Å². The molecule has 0 spiro atoms. The molecule has 3 rings (SSSR count). The summed E-state index contributed by atoms with van der Waals surface area (Å²) in [7, 11) is 1.89. The van der Waals surface area contributed by atoms with Crippen molar-refractivity contribution in [3.05, 3.63) is 84.2 Å². The Kier molecular flexibility index (Phi) is 4.10. The highest BCUT2D eigenvalue weighted by Crippen LogP contribution is 2.19. The lowest BCUT2D eigenvalue weighted by Crippen LogP contribution is -2.40. The molecule has 1 unspecified atom stereocenters. The van der Waals surface area contributed by atoms with Gasteiger partial charge in [0.2, 0.25) is 0 Å². The molecule has 1 aliphatic rings. The van der Waals surface area contributed by atoms with Gasteiger partial charge in [0.15, 0.2) is 0 Å². The monoisotopic (exact) mass is 294 g/mol. The number of benzene rings is 2. The largest absolute Gasteiger partial charge is 0.419 e. The Labute approximate surface area is 130 Å². The SMILES string of the molecule is CN1C=CN(Cc2ccccc2)C1OC(=O)c1ccccc1. The van der Waals surface area contributed by atoms with Gasteiger partial charge in [0.1, 0.15) is 0 Å². The standard InChI is InChI=1S/C18H18N2O2/c1-19-12-13-20(14-15-8-4-2-5-9-15)18(19)22-17(21)16-10-6-3-7-11-16/h2-13,18H,14H2,1H3. The zero-order valence-electron chi connectivity index (χ0n) is 12.4. The molecule has 1 heterocycles. The third-order valence-corrected chi connectivity index (χ3v) is 3.56. The fourth-order valence-corrected chi connectivity index (χ4v) is 2.39. The Morgan fingerprint density at radius 1 is 1.00 bits per heavy atom. The molecule has 0 N–H and O–H groups in total. The Morgan fingerprint density at radius 3 is 2.32 bits per heavy atom. The first-order chi connectivity index (χ1) is 10.7. The van der Waals surface area contributed by atoms with Crippen LogP contribution in [0, 0.1) is 0 Å². The predicted molar refractivity (Wildman–Crippen MR) is 84.5 cm³/mol. The normalized spacial score (nSPS) is 16.9. The molecule has 1 atom stereocenters. The minimum absolute atomic E-state index is 0.320. The Bertz CT molecular complexity index is 655. The van der Waals surface area contributed by atoms with Crippen LogP contribution in [0.5, 0.6) is 0 Å². The van der Waals surface area contributed by atoms with E-state index in [1.54, 1.807) is 12.1 Å². The summed E-state index contributed by atoms with van der Waals surface area (Å²) in [6.45, 7) is 0.689. The summed E-state index contributed by atoms with van der Waals surface area (Å²) in [5.74, 6) is -0.320. The predicted octanol–water partition coefficient (Wildman–Crippen LogP) is 3.05. The molecule has 0 aliphatic carbocycles. The average molecular weight is 294 g/mol. The molecule has 0 saturated carbocycles. The summed E-state index contributed by atoms with van der Waals surface area (Å²) in [6, 6.07) is 19.2. The van der Waals surface area contributed by atoms with E-state index in [4.69, 9.17) is 4.74 Å². The van der Waals surface area contributed by atoms with Gasteiger partial charge >= 0.3 is 5.97 Å². The summed E-state index contributed by atoms with van der Waals surface area (Å²) in [6.07, 6.45) is 3.43. The number of hydrogen-bond acceptors (Lipinski definition) is 4. The molecule has 0 aromatic heterocycles. The highest BCUT2D eigenvalue weighted by molar-refractivity contribution is 5.89. The lowest BCUT2D eigenvalue weighted by molar-refractivity contribution is -0.0646.